The minimum absolute atomic E-state index is 0.134. The normalized spacial score (nSPS) is 10.9. The van der Waals surface area contributed by atoms with Crippen molar-refractivity contribution in [2.45, 2.75) is 72.0 Å². The van der Waals surface area contributed by atoms with Gasteiger partial charge in [0.2, 0.25) is 6.29 Å². The molecule has 0 amide bonds. The Morgan fingerprint density at radius 1 is 0.842 bits per heavy atom. The molecule has 112 valence electrons. The molecular weight excluding hydrogens is 244 g/mol. The van der Waals surface area contributed by atoms with Crippen LogP contribution in [-0.4, -0.2) is 31.1 Å². The van der Waals surface area contributed by atoms with E-state index in [4.69, 9.17) is 9.47 Å². The number of rotatable bonds is 13. The zero-order valence-electron chi connectivity index (χ0n) is 12.6. The molecule has 0 heterocycles. The lowest BCUT2D eigenvalue weighted by molar-refractivity contribution is -0.168. The fourth-order valence-electron chi connectivity index (χ4n) is 1.79. The summed E-state index contributed by atoms with van der Waals surface area (Å²) in [6.07, 6.45) is 4.67. The van der Waals surface area contributed by atoms with Crippen molar-refractivity contribution < 1.29 is 19.1 Å². The molecule has 0 aromatic rings. The predicted molar refractivity (Wildman–Crippen MR) is 75.0 cm³/mol. The van der Waals surface area contributed by atoms with Crippen LogP contribution in [0.3, 0.4) is 0 Å². The quantitative estimate of drug-likeness (QED) is 0.381. The van der Waals surface area contributed by atoms with E-state index in [1.807, 2.05) is 13.8 Å². The highest BCUT2D eigenvalue weighted by atomic mass is 16.7. The second kappa shape index (κ2) is 12.3. The molecule has 0 N–H and O–H groups in total. The second-order valence-electron chi connectivity index (χ2n) is 4.56. The molecule has 19 heavy (non-hydrogen) atoms. The third-order valence-electron chi connectivity index (χ3n) is 2.86. The summed E-state index contributed by atoms with van der Waals surface area (Å²) < 4.78 is 10.4. The van der Waals surface area contributed by atoms with Gasteiger partial charge in [0.1, 0.15) is 5.78 Å². The first-order valence-corrected chi connectivity index (χ1v) is 7.43. The molecule has 0 aromatic carbocycles. The van der Waals surface area contributed by atoms with Crippen LogP contribution in [0.4, 0.5) is 0 Å². The van der Waals surface area contributed by atoms with Crippen LogP contribution < -0.4 is 0 Å². The van der Waals surface area contributed by atoms with Crippen LogP contribution in [0.15, 0.2) is 0 Å². The Balaban J connectivity index is 3.82. The van der Waals surface area contributed by atoms with Crippen LogP contribution in [0.5, 0.6) is 0 Å². The Morgan fingerprint density at radius 3 is 2.00 bits per heavy atom. The van der Waals surface area contributed by atoms with Crippen molar-refractivity contribution in [1.82, 2.24) is 0 Å². The first-order valence-electron chi connectivity index (χ1n) is 7.43. The van der Waals surface area contributed by atoms with E-state index in [0.717, 1.165) is 19.3 Å². The third-order valence-corrected chi connectivity index (χ3v) is 2.86. The summed E-state index contributed by atoms with van der Waals surface area (Å²) in [6, 6.07) is 0. The maximum absolute atomic E-state index is 11.8. The Kier molecular flexibility index (Phi) is 11.8. The van der Waals surface area contributed by atoms with Gasteiger partial charge < -0.3 is 9.47 Å². The lowest BCUT2D eigenvalue weighted by Gasteiger charge is -2.15. The van der Waals surface area contributed by atoms with Gasteiger partial charge in [0, 0.05) is 32.5 Å². The molecule has 4 nitrogen and oxygen atoms in total. The van der Waals surface area contributed by atoms with E-state index in [-0.39, 0.29) is 18.0 Å². The van der Waals surface area contributed by atoms with Crippen LogP contribution >= 0.6 is 0 Å². The van der Waals surface area contributed by atoms with Gasteiger partial charge >= 0.3 is 0 Å². The summed E-state index contributed by atoms with van der Waals surface area (Å²) in [6.45, 7) is 6.64. The van der Waals surface area contributed by atoms with Gasteiger partial charge in [-0.1, -0.05) is 26.2 Å². The molecule has 0 saturated carbocycles. The molecule has 0 bridgehead atoms. The Hall–Kier alpha value is -0.740. The number of hydrogen-bond donors (Lipinski definition) is 0. The van der Waals surface area contributed by atoms with E-state index in [1.165, 1.54) is 6.42 Å². The molecule has 4 heteroatoms. The lowest BCUT2D eigenvalue weighted by Crippen LogP contribution is -2.28. The molecule has 0 fully saturated rings. The molecule has 0 rings (SSSR count). The molecule has 0 atom stereocenters. The highest BCUT2D eigenvalue weighted by molar-refractivity contribution is 5.87. The van der Waals surface area contributed by atoms with Crippen molar-refractivity contribution in [3.05, 3.63) is 0 Å². The monoisotopic (exact) mass is 272 g/mol. The van der Waals surface area contributed by atoms with Gasteiger partial charge in [-0.15, -0.1) is 0 Å². The Labute approximate surface area is 116 Å². The van der Waals surface area contributed by atoms with Crippen molar-refractivity contribution in [3.8, 4) is 0 Å². The SMILES string of the molecule is CCCCCCC(=O)CCC(=O)C(OCC)OCC. The third kappa shape index (κ3) is 9.79. The number of hydrogen-bond acceptors (Lipinski definition) is 4. The molecular formula is C15H28O4. The molecule has 0 aliphatic carbocycles. The summed E-state index contributed by atoms with van der Waals surface area (Å²) in [5, 5.41) is 0. The van der Waals surface area contributed by atoms with Gasteiger partial charge in [0.25, 0.3) is 0 Å². The standard InChI is InChI=1S/C15H28O4/c1-4-7-8-9-10-13(16)11-12-14(17)15(18-5-2)19-6-3/h15H,4-12H2,1-3H3. The van der Waals surface area contributed by atoms with Crippen LogP contribution in [0.2, 0.25) is 0 Å². The number of carbonyl (C=O) groups excluding carboxylic acids is 2. The molecule has 0 aliphatic heterocycles. The van der Waals surface area contributed by atoms with Crippen LogP contribution in [0.25, 0.3) is 0 Å². The molecule has 0 unspecified atom stereocenters. The number of unbranched alkanes of at least 4 members (excludes halogenated alkanes) is 3. The van der Waals surface area contributed by atoms with Crippen molar-refractivity contribution >= 4 is 11.6 Å². The van der Waals surface area contributed by atoms with Gasteiger partial charge in [-0.3, -0.25) is 9.59 Å². The fraction of sp³-hybridized carbons (Fsp3) is 0.867. The first-order chi connectivity index (χ1) is 9.15. The van der Waals surface area contributed by atoms with Gasteiger partial charge in [0.15, 0.2) is 5.78 Å². The zero-order valence-corrected chi connectivity index (χ0v) is 12.6. The maximum Gasteiger partial charge on any atom is 0.217 e. The summed E-state index contributed by atoms with van der Waals surface area (Å²) in [5.41, 5.74) is 0. The summed E-state index contributed by atoms with van der Waals surface area (Å²) >= 11 is 0. The van der Waals surface area contributed by atoms with Crippen molar-refractivity contribution in [2.24, 2.45) is 0 Å². The van der Waals surface area contributed by atoms with E-state index < -0.39 is 6.29 Å². The van der Waals surface area contributed by atoms with Crippen LogP contribution in [0.1, 0.15) is 65.7 Å². The Morgan fingerprint density at radius 2 is 1.47 bits per heavy atom. The summed E-state index contributed by atoms with van der Waals surface area (Å²) in [5.74, 6) is 0.0295. The summed E-state index contributed by atoms with van der Waals surface area (Å²) in [7, 11) is 0. The van der Waals surface area contributed by atoms with Gasteiger partial charge in [-0.25, -0.2) is 0 Å². The molecule has 0 aliphatic rings. The van der Waals surface area contributed by atoms with Crippen molar-refractivity contribution in [2.75, 3.05) is 13.2 Å². The van der Waals surface area contributed by atoms with Gasteiger partial charge in [-0.2, -0.15) is 0 Å². The van der Waals surface area contributed by atoms with E-state index in [9.17, 15) is 9.59 Å². The second-order valence-corrected chi connectivity index (χ2v) is 4.56. The minimum atomic E-state index is -0.803. The van der Waals surface area contributed by atoms with Gasteiger partial charge in [-0.05, 0) is 20.3 Å². The van der Waals surface area contributed by atoms with Crippen LogP contribution in [0, 0.1) is 0 Å². The molecule has 0 radical (unpaired) electrons. The number of ketones is 2. The maximum atomic E-state index is 11.8. The number of ether oxygens (including phenoxy) is 2. The smallest absolute Gasteiger partial charge is 0.217 e. The van der Waals surface area contributed by atoms with E-state index in [0.29, 0.717) is 26.1 Å². The van der Waals surface area contributed by atoms with E-state index >= 15 is 0 Å². The van der Waals surface area contributed by atoms with Crippen LogP contribution in [-0.2, 0) is 19.1 Å². The zero-order chi connectivity index (χ0) is 14.5. The summed E-state index contributed by atoms with van der Waals surface area (Å²) in [4.78, 5) is 23.4. The predicted octanol–water partition coefficient (Wildman–Crippen LogP) is 3.27. The average Bonchev–Trinajstić information content (AvgIpc) is 2.40. The Bertz CT molecular complexity index is 245. The molecule has 0 saturated heterocycles. The van der Waals surface area contributed by atoms with Crippen molar-refractivity contribution in [3.63, 3.8) is 0 Å². The molecule has 0 spiro atoms. The van der Waals surface area contributed by atoms with E-state index in [2.05, 4.69) is 6.92 Å². The largest absolute Gasteiger partial charge is 0.346 e. The lowest BCUT2D eigenvalue weighted by atomic mass is 10.1. The highest BCUT2D eigenvalue weighted by Gasteiger charge is 2.19. The van der Waals surface area contributed by atoms with Gasteiger partial charge in [0.05, 0.1) is 0 Å². The molecule has 0 aromatic heterocycles. The fourth-order valence-corrected chi connectivity index (χ4v) is 1.79. The average molecular weight is 272 g/mol. The van der Waals surface area contributed by atoms with E-state index in [1.54, 1.807) is 0 Å². The topological polar surface area (TPSA) is 52.6 Å². The number of Topliss-reactive ketones (excluding diaryl/α,β-unsaturated/α-hetero) is 2. The number of carbonyl (C=O) groups is 2. The highest BCUT2D eigenvalue weighted by Crippen LogP contribution is 2.08. The first kappa shape index (κ1) is 18.3. The minimum Gasteiger partial charge on any atom is -0.346 e. The van der Waals surface area contributed by atoms with Crippen molar-refractivity contribution in [1.29, 1.82) is 0 Å².